The number of amides is 1. The summed E-state index contributed by atoms with van der Waals surface area (Å²) in [7, 11) is 0. The molecule has 0 atom stereocenters. The van der Waals surface area contributed by atoms with E-state index >= 15 is 0 Å². The van der Waals surface area contributed by atoms with Crippen molar-refractivity contribution in [1.29, 1.82) is 0 Å². The number of rotatable bonds is 4. The first kappa shape index (κ1) is 18.0. The molecule has 28 heavy (non-hydrogen) atoms. The van der Waals surface area contributed by atoms with Crippen LogP contribution in [0.5, 0.6) is 0 Å². The van der Waals surface area contributed by atoms with Crippen molar-refractivity contribution >= 4 is 22.4 Å². The number of nitrogens with one attached hydrogen (secondary N) is 1. The van der Waals surface area contributed by atoms with E-state index in [4.69, 9.17) is 0 Å². The molecular formula is C26H23NO. The third kappa shape index (κ3) is 3.96. The van der Waals surface area contributed by atoms with E-state index in [-0.39, 0.29) is 5.91 Å². The highest BCUT2D eigenvalue weighted by Crippen LogP contribution is 2.20. The van der Waals surface area contributed by atoms with Crippen LogP contribution in [-0.2, 0) is 6.42 Å². The van der Waals surface area contributed by atoms with Crippen LogP contribution in [0, 0.1) is 13.8 Å². The van der Waals surface area contributed by atoms with E-state index in [9.17, 15) is 4.79 Å². The van der Waals surface area contributed by atoms with Gasteiger partial charge >= 0.3 is 0 Å². The maximum Gasteiger partial charge on any atom is 0.255 e. The molecule has 2 nitrogen and oxygen atoms in total. The van der Waals surface area contributed by atoms with E-state index in [0.29, 0.717) is 5.56 Å². The minimum absolute atomic E-state index is 0.0816. The second kappa shape index (κ2) is 7.69. The molecule has 0 saturated carbocycles. The number of aryl methyl sites for hydroxylation is 2. The van der Waals surface area contributed by atoms with Gasteiger partial charge in [-0.2, -0.15) is 0 Å². The van der Waals surface area contributed by atoms with Crippen LogP contribution >= 0.6 is 0 Å². The Morgan fingerprint density at radius 1 is 0.750 bits per heavy atom. The fourth-order valence-electron chi connectivity index (χ4n) is 3.44. The molecule has 0 aromatic heterocycles. The van der Waals surface area contributed by atoms with Gasteiger partial charge in [0.15, 0.2) is 0 Å². The first-order valence-electron chi connectivity index (χ1n) is 9.54. The van der Waals surface area contributed by atoms with Gasteiger partial charge in [0.2, 0.25) is 0 Å². The predicted molar refractivity (Wildman–Crippen MR) is 117 cm³/mol. The molecule has 4 aromatic carbocycles. The van der Waals surface area contributed by atoms with Gasteiger partial charge < -0.3 is 5.32 Å². The van der Waals surface area contributed by atoms with E-state index in [0.717, 1.165) is 17.7 Å². The summed E-state index contributed by atoms with van der Waals surface area (Å²) in [5.74, 6) is -0.0816. The lowest BCUT2D eigenvalue weighted by Gasteiger charge is -2.09. The fourth-order valence-corrected chi connectivity index (χ4v) is 3.44. The number of fused-ring (bicyclic) bond motifs is 1. The Morgan fingerprint density at radius 2 is 1.43 bits per heavy atom. The van der Waals surface area contributed by atoms with Crippen LogP contribution in [0.15, 0.2) is 84.9 Å². The van der Waals surface area contributed by atoms with E-state index in [2.05, 4.69) is 48.6 Å². The highest BCUT2D eigenvalue weighted by Gasteiger charge is 2.08. The number of hydrogen-bond acceptors (Lipinski definition) is 1. The molecule has 0 saturated heterocycles. The smallest absolute Gasteiger partial charge is 0.255 e. The molecular weight excluding hydrogens is 342 g/mol. The zero-order valence-electron chi connectivity index (χ0n) is 16.2. The summed E-state index contributed by atoms with van der Waals surface area (Å²) in [6, 6.07) is 28.8. The van der Waals surface area contributed by atoms with Gasteiger partial charge in [-0.1, -0.05) is 72.3 Å². The van der Waals surface area contributed by atoms with Crippen LogP contribution in [0.4, 0.5) is 5.69 Å². The van der Waals surface area contributed by atoms with E-state index in [1.165, 1.54) is 27.5 Å². The van der Waals surface area contributed by atoms with Crippen LogP contribution < -0.4 is 5.32 Å². The van der Waals surface area contributed by atoms with Gasteiger partial charge in [-0.05, 0) is 65.9 Å². The Hall–Kier alpha value is -3.39. The summed E-state index contributed by atoms with van der Waals surface area (Å²) in [6.07, 6.45) is 0.851. The molecule has 0 aliphatic heterocycles. The summed E-state index contributed by atoms with van der Waals surface area (Å²) in [5, 5.41) is 5.51. The molecule has 4 aromatic rings. The van der Waals surface area contributed by atoms with Gasteiger partial charge in [0.1, 0.15) is 0 Å². The summed E-state index contributed by atoms with van der Waals surface area (Å²) in [4.78, 5) is 12.5. The summed E-state index contributed by atoms with van der Waals surface area (Å²) < 4.78 is 0. The van der Waals surface area contributed by atoms with Crippen molar-refractivity contribution in [2.45, 2.75) is 20.3 Å². The number of para-hydroxylation sites is 1. The third-order valence-corrected chi connectivity index (χ3v) is 5.08. The number of carbonyl (C=O) groups is 1. The lowest BCUT2D eigenvalue weighted by Crippen LogP contribution is -2.12. The van der Waals surface area contributed by atoms with Gasteiger partial charge in [0.05, 0.1) is 0 Å². The van der Waals surface area contributed by atoms with Gasteiger partial charge in [-0.15, -0.1) is 0 Å². The van der Waals surface area contributed by atoms with Gasteiger partial charge in [0, 0.05) is 11.3 Å². The Morgan fingerprint density at radius 3 is 2.21 bits per heavy atom. The monoisotopic (exact) mass is 365 g/mol. The maximum absolute atomic E-state index is 12.5. The standard InChI is InChI=1S/C26H23NO/c1-18-7-11-24-17-21(10-14-23(24)15-18)16-20-8-12-22(13-9-20)26(28)27-25-6-4-3-5-19(25)2/h3-15,17H,16H2,1-2H3,(H,27,28). The number of anilines is 1. The van der Waals surface area contributed by atoms with Crippen molar-refractivity contribution in [2.24, 2.45) is 0 Å². The lowest BCUT2D eigenvalue weighted by atomic mass is 9.99. The number of hydrogen-bond donors (Lipinski definition) is 1. The Bertz CT molecular complexity index is 1140. The quantitative estimate of drug-likeness (QED) is 0.452. The van der Waals surface area contributed by atoms with Crippen LogP contribution in [-0.4, -0.2) is 5.91 Å². The first-order chi connectivity index (χ1) is 13.6. The molecule has 2 heteroatoms. The summed E-state index contributed by atoms with van der Waals surface area (Å²) in [6.45, 7) is 4.10. The van der Waals surface area contributed by atoms with Crippen molar-refractivity contribution in [3.8, 4) is 0 Å². The van der Waals surface area contributed by atoms with E-state index < -0.39 is 0 Å². The van der Waals surface area contributed by atoms with Crippen LogP contribution in [0.1, 0.15) is 32.6 Å². The zero-order chi connectivity index (χ0) is 19.5. The average Bonchev–Trinajstić information content (AvgIpc) is 2.70. The highest BCUT2D eigenvalue weighted by molar-refractivity contribution is 6.04. The molecule has 0 unspecified atom stereocenters. The second-order valence-electron chi connectivity index (χ2n) is 7.33. The van der Waals surface area contributed by atoms with Crippen LogP contribution in [0.3, 0.4) is 0 Å². The van der Waals surface area contributed by atoms with Crippen molar-refractivity contribution in [3.63, 3.8) is 0 Å². The Kier molecular flexibility index (Phi) is 4.94. The number of benzene rings is 4. The van der Waals surface area contributed by atoms with Crippen LogP contribution in [0.25, 0.3) is 10.8 Å². The van der Waals surface area contributed by atoms with Crippen molar-refractivity contribution in [2.75, 3.05) is 5.32 Å². The largest absolute Gasteiger partial charge is 0.322 e. The molecule has 0 fully saturated rings. The molecule has 1 amide bonds. The normalized spacial score (nSPS) is 10.8. The second-order valence-corrected chi connectivity index (χ2v) is 7.33. The molecule has 0 aliphatic rings. The van der Waals surface area contributed by atoms with Crippen molar-refractivity contribution in [1.82, 2.24) is 0 Å². The minimum Gasteiger partial charge on any atom is -0.322 e. The Balaban J connectivity index is 1.48. The van der Waals surface area contributed by atoms with Gasteiger partial charge in [-0.25, -0.2) is 0 Å². The zero-order valence-corrected chi connectivity index (χ0v) is 16.2. The predicted octanol–water partition coefficient (Wildman–Crippen LogP) is 6.30. The van der Waals surface area contributed by atoms with Gasteiger partial charge in [-0.3, -0.25) is 4.79 Å². The third-order valence-electron chi connectivity index (χ3n) is 5.08. The van der Waals surface area contributed by atoms with Crippen molar-refractivity contribution in [3.05, 3.63) is 113 Å². The maximum atomic E-state index is 12.5. The first-order valence-corrected chi connectivity index (χ1v) is 9.54. The molecule has 0 aliphatic carbocycles. The summed E-state index contributed by atoms with van der Waals surface area (Å²) >= 11 is 0. The molecule has 1 N–H and O–H groups in total. The van der Waals surface area contributed by atoms with Crippen LogP contribution in [0.2, 0.25) is 0 Å². The lowest BCUT2D eigenvalue weighted by molar-refractivity contribution is 0.102. The SMILES string of the molecule is Cc1ccc2cc(Cc3ccc(C(=O)Nc4ccccc4C)cc3)ccc2c1. The van der Waals surface area contributed by atoms with Crippen molar-refractivity contribution < 1.29 is 4.79 Å². The minimum atomic E-state index is -0.0816. The summed E-state index contributed by atoms with van der Waals surface area (Å²) in [5.41, 5.74) is 6.31. The molecule has 0 heterocycles. The topological polar surface area (TPSA) is 29.1 Å². The molecule has 0 radical (unpaired) electrons. The molecule has 138 valence electrons. The molecule has 0 bridgehead atoms. The molecule has 4 rings (SSSR count). The molecule has 0 spiro atoms. The number of carbonyl (C=O) groups excluding carboxylic acids is 1. The Labute approximate surface area is 165 Å². The van der Waals surface area contributed by atoms with E-state index in [1.807, 2.05) is 55.5 Å². The highest BCUT2D eigenvalue weighted by atomic mass is 16.1. The van der Waals surface area contributed by atoms with Gasteiger partial charge in [0.25, 0.3) is 5.91 Å². The average molecular weight is 365 g/mol. The van der Waals surface area contributed by atoms with E-state index in [1.54, 1.807) is 0 Å². The fraction of sp³-hybridized carbons (Fsp3) is 0.115.